The number of rotatable bonds is 12. The first-order valence-electron chi connectivity index (χ1n) is 12.5. The molecule has 1 aliphatic rings. The molecule has 0 aliphatic carbocycles. The van der Waals surface area contributed by atoms with Crippen LogP contribution in [-0.2, 0) is 16.0 Å². The molecular weight excluding hydrogens is 514 g/mol. The molecule has 0 spiro atoms. The van der Waals surface area contributed by atoms with Gasteiger partial charge >= 0.3 is 0 Å². The number of aliphatic hydroxyl groups is 7. The van der Waals surface area contributed by atoms with E-state index in [1.165, 1.54) is 6.08 Å². The van der Waals surface area contributed by atoms with Crippen LogP contribution in [0.2, 0.25) is 0 Å². The maximum atomic E-state index is 12.2. The van der Waals surface area contributed by atoms with E-state index in [-0.39, 0.29) is 11.8 Å². The summed E-state index contributed by atoms with van der Waals surface area (Å²) >= 11 is 0. The largest absolute Gasteiger partial charge is 0.443 e. The quantitative estimate of drug-likeness (QED) is 0.133. The number of ether oxygens (including phenoxy) is 2. The summed E-state index contributed by atoms with van der Waals surface area (Å²) in [6.07, 6.45) is -4.00. The number of aliphatic hydroxyl groups excluding tert-OH is 7. The molecule has 13 nitrogen and oxygen atoms in total. The summed E-state index contributed by atoms with van der Waals surface area (Å²) in [6, 6.07) is 7.24. The van der Waals surface area contributed by atoms with Crippen LogP contribution in [0.3, 0.4) is 0 Å². The van der Waals surface area contributed by atoms with Crippen LogP contribution in [-0.4, -0.2) is 115 Å². The highest BCUT2D eigenvalue weighted by Crippen LogP contribution is 2.31. The number of hydrogen-bond donors (Lipinski definition) is 9. The van der Waals surface area contributed by atoms with Crippen molar-refractivity contribution in [3.63, 3.8) is 0 Å². The first kappa shape index (κ1) is 30.7. The smallest absolute Gasteiger partial charge is 0.244 e. The molecule has 1 saturated heterocycles. The number of carbonyl (C=O) groups is 1. The van der Waals surface area contributed by atoms with Gasteiger partial charge in [-0.05, 0) is 23.1 Å². The van der Waals surface area contributed by atoms with E-state index in [0.29, 0.717) is 17.5 Å². The monoisotopic (exact) mass is 551 g/mol. The lowest BCUT2D eigenvalue weighted by Gasteiger charge is -2.39. The molecule has 0 bridgehead atoms. The van der Waals surface area contributed by atoms with Crippen molar-refractivity contribution in [2.45, 2.75) is 62.4 Å². The fourth-order valence-electron chi connectivity index (χ4n) is 4.08. The van der Waals surface area contributed by atoms with Crippen molar-refractivity contribution in [1.82, 2.24) is 15.5 Å². The van der Waals surface area contributed by atoms with Crippen molar-refractivity contribution in [1.29, 1.82) is 0 Å². The first-order valence-corrected chi connectivity index (χ1v) is 12.5. The van der Waals surface area contributed by atoms with Crippen LogP contribution in [0.25, 0.3) is 6.08 Å². The molecule has 5 atom stereocenters. The minimum absolute atomic E-state index is 0.0456. The lowest BCUT2D eigenvalue weighted by atomic mass is 9.98. The zero-order chi connectivity index (χ0) is 28.7. The van der Waals surface area contributed by atoms with E-state index in [0.717, 1.165) is 11.3 Å². The van der Waals surface area contributed by atoms with Gasteiger partial charge in [0, 0.05) is 23.8 Å². The Labute approximate surface area is 225 Å². The highest BCUT2D eigenvalue weighted by Gasteiger charge is 2.45. The normalized spacial score (nSPS) is 23.9. The molecule has 1 fully saturated rings. The Morgan fingerprint density at radius 3 is 2.28 bits per heavy atom. The number of carbonyl (C=O) groups excluding carboxylic acids is 1. The van der Waals surface area contributed by atoms with E-state index in [1.807, 2.05) is 26.0 Å². The molecule has 0 unspecified atom stereocenters. The van der Waals surface area contributed by atoms with Crippen molar-refractivity contribution in [3.05, 3.63) is 52.7 Å². The number of nitrogens with one attached hydrogen (secondary N) is 2. The Kier molecular flexibility index (Phi) is 10.6. The fraction of sp³-hybridized carbons (Fsp3) is 0.538. The van der Waals surface area contributed by atoms with Crippen LogP contribution in [0.1, 0.15) is 42.1 Å². The lowest BCUT2D eigenvalue weighted by molar-refractivity contribution is -0.278. The predicted molar refractivity (Wildman–Crippen MR) is 137 cm³/mol. The van der Waals surface area contributed by atoms with Crippen LogP contribution in [0.4, 0.5) is 0 Å². The third kappa shape index (κ3) is 7.21. The number of nitrogens with zero attached hydrogens (tertiary/aromatic N) is 1. The van der Waals surface area contributed by atoms with Gasteiger partial charge in [-0.2, -0.15) is 0 Å². The second-order valence-electron chi connectivity index (χ2n) is 9.89. The number of amides is 1. The van der Waals surface area contributed by atoms with Gasteiger partial charge in [-0.1, -0.05) is 38.1 Å². The van der Waals surface area contributed by atoms with Crippen LogP contribution in [0, 0.1) is 0 Å². The molecular formula is C26H37N3O10. The third-order valence-corrected chi connectivity index (χ3v) is 6.60. The molecule has 1 aromatic heterocycles. The fourth-order valence-corrected chi connectivity index (χ4v) is 4.08. The summed E-state index contributed by atoms with van der Waals surface area (Å²) in [7, 11) is 0. The van der Waals surface area contributed by atoms with Gasteiger partial charge in [0.25, 0.3) is 0 Å². The molecule has 1 aliphatic heterocycles. The van der Waals surface area contributed by atoms with Crippen LogP contribution in [0.5, 0.6) is 5.88 Å². The van der Waals surface area contributed by atoms with Gasteiger partial charge < -0.3 is 50.5 Å². The summed E-state index contributed by atoms with van der Waals surface area (Å²) < 4.78 is 11.3. The number of aromatic amines is 1. The van der Waals surface area contributed by atoms with E-state index >= 15 is 0 Å². The number of hydrogen-bond acceptors (Lipinski definition) is 11. The maximum Gasteiger partial charge on any atom is 0.244 e. The molecule has 13 heteroatoms. The topological polar surface area (TPSA) is 218 Å². The minimum Gasteiger partial charge on any atom is -0.443 e. The van der Waals surface area contributed by atoms with Gasteiger partial charge in [0.15, 0.2) is 0 Å². The predicted octanol–water partition coefficient (Wildman–Crippen LogP) is -1.85. The van der Waals surface area contributed by atoms with Gasteiger partial charge in [-0.3, -0.25) is 9.89 Å². The molecule has 39 heavy (non-hydrogen) atoms. The van der Waals surface area contributed by atoms with Gasteiger partial charge in [0.1, 0.15) is 30.0 Å². The second kappa shape index (κ2) is 13.5. The Morgan fingerprint density at radius 2 is 1.72 bits per heavy atom. The third-order valence-electron chi connectivity index (χ3n) is 6.60. The summed E-state index contributed by atoms with van der Waals surface area (Å²) in [6.45, 7) is 1.48. The Balaban J connectivity index is 1.74. The molecule has 9 N–H and O–H groups in total. The zero-order valence-corrected chi connectivity index (χ0v) is 21.8. The molecule has 2 aromatic rings. The van der Waals surface area contributed by atoms with Crippen molar-refractivity contribution in [3.8, 4) is 5.88 Å². The minimum atomic E-state index is -1.58. The van der Waals surface area contributed by atoms with Gasteiger partial charge in [-0.25, -0.2) is 0 Å². The molecule has 1 amide bonds. The number of aromatic nitrogens is 2. The summed E-state index contributed by atoms with van der Waals surface area (Å²) in [5.74, 6) is -0.403. The number of H-pyrrole nitrogens is 1. The Hall–Kier alpha value is -2.88. The molecule has 216 valence electrons. The van der Waals surface area contributed by atoms with Crippen molar-refractivity contribution in [2.24, 2.45) is 0 Å². The lowest BCUT2D eigenvalue weighted by Crippen LogP contribution is -2.60. The summed E-state index contributed by atoms with van der Waals surface area (Å²) in [4.78, 5) is 12.2. The molecule has 1 aromatic carbocycles. The first-order chi connectivity index (χ1) is 18.6. The van der Waals surface area contributed by atoms with E-state index < -0.39 is 68.6 Å². The zero-order valence-electron chi connectivity index (χ0n) is 21.8. The average Bonchev–Trinajstić information content (AvgIpc) is 3.33. The molecule has 2 heterocycles. The van der Waals surface area contributed by atoms with E-state index in [9.17, 15) is 40.5 Å². The van der Waals surface area contributed by atoms with Crippen molar-refractivity contribution in [2.75, 3.05) is 26.4 Å². The van der Waals surface area contributed by atoms with E-state index in [1.54, 1.807) is 18.2 Å². The van der Waals surface area contributed by atoms with Crippen LogP contribution in [0.15, 0.2) is 30.3 Å². The Morgan fingerprint density at radius 1 is 1.08 bits per heavy atom. The number of benzene rings is 1. The average molecular weight is 552 g/mol. The summed E-state index contributed by atoms with van der Waals surface area (Å²) in [5.41, 5.74) is 1.54. The molecule has 3 rings (SSSR count). The van der Waals surface area contributed by atoms with Crippen molar-refractivity contribution < 1.29 is 50.0 Å². The maximum absolute atomic E-state index is 12.2. The van der Waals surface area contributed by atoms with E-state index in [4.69, 9.17) is 9.47 Å². The van der Waals surface area contributed by atoms with Gasteiger partial charge in [0.2, 0.25) is 18.1 Å². The standard InChI is InChI=1S/C26H37N3O10/c1-14(2)20-17(24(29-28-20)39-25-23(37)22(36)21(35)18(10-30)38-25)9-16-5-3-15(4-6-16)7-8-19(34)27-26(11-31,12-32)13-33/h3-8,14,18,21-23,25,30-33,35-37H,9-13H2,1-2H3,(H,27,34)(H,28,29)/t18-,21-,22+,23-,25+/m1/s1. The SMILES string of the molecule is CC(C)c1[nH]nc(O[C@@H]2O[C@H](CO)[C@@H](O)[C@H](O)[C@H]2O)c1Cc1ccc(C=CC(=O)NC(CO)(CO)CO)cc1. The molecule has 0 saturated carbocycles. The van der Waals surface area contributed by atoms with Gasteiger partial charge in [-0.15, -0.1) is 5.10 Å². The second-order valence-corrected chi connectivity index (χ2v) is 9.89. The highest BCUT2D eigenvalue weighted by molar-refractivity contribution is 5.92. The van der Waals surface area contributed by atoms with E-state index in [2.05, 4.69) is 15.5 Å². The van der Waals surface area contributed by atoms with Crippen LogP contribution < -0.4 is 10.1 Å². The Bertz CT molecular complexity index is 1090. The summed E-state index contributed by atoms with van der Waals surface area (Å²) in [5, 5.41) is 77.5. The van der Waals surface area contributed by atoms with Crippen LogP contribution >= 0.6 is 0 Å². The van der Waals surface area contributed by atoms with Crippen molar-refractivity contribution >= 4 is 12.0 Å². The molecule has 0 radical (unpaired) electrons. The highest BCUT2D eigenvalue weighted by atomic mass is 16.7. The van der Waals surface area contributed by atoms with Gasteiger partial charge in [0.05, 0.1) is 26.4 Å².